The van der Waals surface area contributed by atoms with Gasteiger partial charge in [0.25, 0.3) is 0 Å². The maximum Gasteiger partial charge on any atom is 0.407 e. The summed E-state index contributed by atoms with van der Waals surface area (Å²) < 4.78 is 5.18. The molecule has 0 radical (unpaired) electrons. The van der Waals surface area contributed by atoms with E-state index < -0.39 is 5.60 Å². The minimum absolute atomic E-state index is 0.321. The molecule has 0 heterocycles. The fraction of sp³-hybridized carbons (Fsp3) is 0.933. The van der Waals surface area contributed by atoms with Crippen LogP contribution in [0.15, 0.2) is 0 Å². The van der Waals surface area contributed by atoms with E-state index in [1.807, 2.05) is 20.8 Å². The maximum atomic E-state index is 11.4. The van der Waals surface area contributed by atoms with Crippen molar-refractivity contribution in [3.63, 3.8) is 0 Å². The van der Waals surface area contributed by atoms with Crippen molar-refractivity contribution < 1.29 is 9.53 Å². The Hall–Kier alpha value is -0.770. The Morgan fingerprint density at radius 3 is 2.63 bits per heavy atom. The highest BCUT2D eigenvalue weighted by atomic mass is 16.6. The number of carbonyl (C=O) groups excluding carboxylic acids is 1. The van der Waals surface area contributed by atoms with Crippen molar-refractivity contribution in [1.29, 1.82) is 0 Å². The molecule has 112 valence electrons. The van der Waals surface area contributed by atoms with Gasteiger partial charge in [0.2, 0.25) is 0 Å². The Morgan fingerprint density at radius 1 is 1.26 bits per heavy atom. The lowest BCUT2D eigenvalue weighted by Crippen LogP contribution is -2.37. The molecule has 1 aliphatic rings. The van der Waals surface area contributed by atoms with E-state index in [4.69, 9.17) is 4.74 Å². The number of hydrogen-bond acceptors (Lipinski definition) is 3. The third kappa shape index (κ3) is 8.09. The summed E-state index contributed by atoms with van der Waals surface area (Å²) in [7, 11) is 0. The number of rotatable bonds is 5. The molecule has 1 saturated carbocycles. The molecular weight excluding hydrogens is 240 g/mol. The Balaban J connectivity index is 2.00. The number of ether oxygens (including phenoxy) is 1. The summed E-state index contributed by atoms with van der Waals surface area (Å²) in [4.78, 5) is 11.4. The normalized spacial score (nSPS) is 24.0. The molecule has 1 fully saturated rings. The lowest BCUT2D eigenvalue weighted by Gasteiger charge is -2.27. The Bertz CT molecular complexity index is 274. The van der Waals surface area contributed by atoms with Gasteiger partial charge < -0.3 is 15.4 Å². The van der Waals surface area contributed by atoms with Crippen LogP contribution < -0.4 is 10.6 Å². The number of nitrogens with one attached hydrogen (secondary N) is 2. The molecule has 2 atom stereocenters. The summed E-state index contributed by atoms with van der Waals surface area (Å²) in [5, 5.41) is 6.37. The zero-order chi connectivity index (χ0) is 14.3. The largest absolute Gasteiger partial charge is 0.444 e. The van der Waals surface area contributed by atoms with Crippen molar-refractivity contribution in [1.82, 2.24) is 10.6 Å². The fourth-order valence-corrected chi connectivity index (χ4v) is 2.52. The molecule has 0 aliphatic heterocycles. The molecule has 0 spiro atoms. The standard InChI is InChI=1S/C15H30N2O2/c1-12-7-5-8-13(11-12)16-9-6-10-17-14(18)19-15(2,3)4/h12-13,16H,5-11H2,1-4H3,(H,17,18). The van der Waals surface area contributed by atoms with Crippen LogP contribution in [-0.2, 0) is 4.74 Å². The Morgan fingerprint density at radius 2 is 2.00 bits per heavy atom. The van der Waals surface area contributed by atoms with Gasteiger partial charge >= 0.3 is 6.09 Å². The van der Waals surface area contributed by atoms with E-state index >= 15 is 0 Å². The molecule has 1 rings (SSSR count). The first-order valence-corrected chi connectivity index (χ1v) is 7.57. The molecule has 0 aromatic carbocycles. The summed E-state index contributed by atoms with van der Waals surface area (Å²) in [5.74, 6) is 0.853. The molecule has 0 aromatic heterocycles. The van der Waals surface area contributed by atoms with Gasteiger partial charge in [0.1, 0.15) is 5.60 Å². The second-order valence-electron chi connectivity index (χ2n) is 6.71. The van der Waals surface area contributed by atoms with Gasteiger partial charge in [0, 0.05) is 12.6 Å². The molecule has 1 aliphatic carbocycles. The van der Waals surface area contributed by atoms with Gasteiger partial charge in [0.15, 0.2) is 0 Å². The van der Waals surface area contributed by atoms with Gasteiger partial charge in [-0.3, -0.25) is 0 Å². The SMILES string of the molecule is CC1CCCC(NCCCNC(=O)OC(C)(C)C)C1. The van der Waals surface area contributed by atoms with Gasteiger partial charge in [0.05, 0.1) is 0 Å². The average Bonchev–Trinajstić information content (AvgIpc) is 2.26. The quantitative estimate of drug-likeness (QED) is 0.755. The maximum absolute atomic E-state index is 11.4. The minimum atomic E-state index is -0.416. The van der Waals surface area contributed by atoms with Gasteiger partial charge in [-0.05, 0) is 52.5 Å². The van der Waals surface area contributed by atoms with Crippen molar-refractivity contribution in [3.05, 3.63) is 0 Å². The van der Waals surface area contributed by atoms with Gasteiger partial charge in [-0.1, -0.05) is 19.8 Å². The first kappa shape index (κ1) is 16.3. The molecule has 4 nitrogen and oxygen atoms in total. The van der Waals surface area contributed by atoms with Gasteiger partial charge in [-0.2, -0.15) is 0 Å². The summed E-state index contributed by atoms with van der Waals surface area (Å²) >= 11 is 0. The first-order chi connectivity index (χ1) is 8.87. The van der Waals surface area contributed by atoms with E-state index in [1.54, 1.807) is 0 Å². The van der Waals surface area contributed by atoms with E-state index in [-0.39, 0.29) is 6.09 Å². The molecule has 1 amide bonds. The van der Waals surface area contributed by atoms with E-state index in [1.165, 1.54) is 25.7 Å². The van der Waals surface area contributed by atoms with Crippen LogP contribution in [0.25, 0.3) is 0 Å². The van der Waals surface area contributed by atoms with Gasteiger partial charge in [-0.25, -0.2) is 4.79 Å². The number of hydrogen-bond donors (Lipinski definition) is 2. The van der Waals surface area contributed by atoms with Crippen LogP contribution in [0.5, 0.6) is 0 Å². The number of alkyl carbamates (subject to hydrolysis) is 1. The third-order valence-corrected chi connectivity index (χ3v) is 3.39. The van der Waals surface area contributed by atoms with Crippen molar-refractivity contribution >= 4 is 6.09 Å². The summed E-state index contributed by atoms with van der Waals surface area (Å²) in [5.41, 5.74) is -0.416. The van der Waals surface area contributed by atoms with Crippen LogP contribution in [0.1, 0.15) is 59.8 Å². The Kier molecular flexibility index (Phi) is 6.63. The third-order valence-electron chi connectivity index (χ3n) is 3.39. The van der Waals surface area contributed by atoms with Crippen LogP contribution >= 0.6 is 0 Å². The van der Waals surface area contributed by atoms with Crippen molar-refractivity contribution in [2.45, 2.75) is 71.4 Å². The van der Waals surface area contributed by atoms with E-state index in [0.29, 0.717) is 12.6 Å². The highest BCUT2D eigenvalue weighted by Crippen LogP contribution is 2.23. The van der Waals surface area contributed by atoms with Crippen LogP contribution in [0.4, 0.5) is 4.79 Å². The van der Waals surface area contributed by atoms with E-state index in [2.05, 4.69) is 17.6 Å². The first-order valence-electron chi connectivity index (χ1n) is 7.57. The predicted octanol–water partition coefficient (Wildman–Crippen LogP) is 3.07. The molecule has 2 N–H and O–H groups in total. The molecule has 0 aromatic rings. The summed E-state index contributed by atoms with van der Waals surface area (Å²) in [6, 6.07) is 0.672. The number of carbonyl (C=O) groups is 1. The monoisotopic (exact) mass is 270 g/mol. The lowest BCUT2D eigenvalue weighted by atomic mass is 9.87. The van der Waals surface area contributed by atoms with Crippen molar-refractivity contribution in [2.75, 3.05) is 13.1 Å². The van der Waals surface area contributed by atoms with Crippen LogP contribution in [0.3, 0.4) is 0 Å². The van der Waals surface area contributed by atoms with Crippen LogP contribution in [-0.4, -0.2) is 30.8 Å². The van der Waals surface area contributed by atoms with Gasteiger partial charge in [-0.15, -0.1) is 0 Å². The molecule has 0 saturated heterocycles. The lowest BCUT2D eigenvalue weighted by molar-refractivity contribution is 0.0527. The fourth-order valence-electron chi connectivity index (χ4n) is 2.52. The summed E-state index contributed by atoms with van der Waals surface area (Å²) in [6.45, 7) is 9.59. The van der Waals surface area contributed by atoms with Crippen LogP contribution in [0.2, 0.25) is 0 Å². The number of amides is 1. The molecule has 0 bridgehead atoms. The molecule has 4 heteroatoms. The molecule has 19 heavy (non-hydrogen) atoms. The topological polar surface area (TPSA) is 50.4 Å². The van der Waals surface area contributed by atoms with E-state index in [0.717, 1.165) is 18.9 Å². The smallest absolute Gasteiger partial charge is 0.407 e. The zero-order valence-electron chi connectivity index (χ0n) is 12.9. The molecule has 2 unspecified atom stereocenters. The van der Waals surface area contributed by atoms with Crippen molar-refractivity contribution in [3.8, 4) is 0 Å². The highest BCUT2D eigenvalue weighted by molar-refractivity contribution is 5.67. The summed E-state index contributed by atoms with van der Waals surface area (Å²) in [6.07, 6.45) is 5.93. The Labute approximate surface area is 117 Å². The second kappa shape index (κ2) is 7.73. The zero-order valence-corrected chi connectivity index (χ0v) is 12.9. The van der Waals surface area contributed by atoms with Crippen LogP contribution in [0, 0.1) is 5.92 Å². The predicted molar refractivity (Wildman–Crippen MR) is 78.3 cm³/mol. The molecular formula is C15H30N2O2. The van der Waals surface area contributed by atoms with E-state index in [9.17, 15) is 4.79 Å². The highest BCUT2D eigenvalue weighted by Gasteiger charge is 2.18. The van der Waals surface area contributed by atoms with Crippen molar-refractivity contribution in [2.24, 2.45) is 5.92 Å². The minimum Gasteiger partial charge on any atom is -0.444 e. The average molecular weight is 270 g/mol. The second-order valence-corrected chi connectivity index (χ2v) is 6.71.